The van der Waals surface area contributed by atoms with Crippen LogP contribution in [-0.4, -0.2) is 16.5 Å². The number of aryl methyl sites for hydroxylation is 2. The molecule has 29 heavy (non-hydrogen) atoms. The van der Waals surface area contributed by atoms with E-state index in [1.165, 1.54) is 11.1 Å². The fraction of sp³-hybridized carbons (Fsp3) is 0.375. The number of hydrogen-bond acceptors (Lipinski definition) is 5. The van der Waals surface area contributed by atoms with E-state index in [0.29, 0.717) is 29.5 Å². The summed E-state index contributed by atoms with van der Waals surface area (Å²) in [6.07, 6.45) is 1.68. The molecule has 5 heteroatoms. The molecule has 5 nitrogen and oxygen atoms in total. The Balaban J connectivity index is 0.00000184. The lowest BCUT2D eigenvalue weighted by Gasteiger charge is -2.11. The number of nitrogens with zero attached hydrogens (tertiary/aromatic N) is 3. The van der Waals surface area contributed by atoms with Crippen molar-refractivity contribution in [2.75, 3.05) is 11.9 Å². The summed E-state index contributed by atoms with van der Waals surface area (Å²) in [5.74, 6) is 0.497. The highest BCUT2D eigenvalue weighted by Gasteiger charge is 2.10. The summed E-state index contributed by atoms with van der Waals surface area (Å²) in [5.41, 5.74) is 6.04. The van der Waals surface area contributed by atoms with E-state index in [2.05, 4.69) is 59.2 Å². The fourth-order valence-electron chi connectivity index (χ4n) is 2.31. The van der Waals surface area contributed by atoms with E-state index >= 15 is 0 Å². The molecule has 156 valence electrons. The van der Waals surface area contributed by atoms with E-state index in [4.69, 9.17) is 0 Å². The molecule has 0 radical (unpaired) electrons. The Hall–Kier alpha value is -3.13. The Morgan fingerprint density at radius 1 is 1.10 bits per heavy atom. The van der Waals surface area contributed by atoms with Crippen LogP contribution in [0.3, 0.4) is 0 Å². The molecule has 2 rings (SSSR count). The van der Waals surface area contributed by atoms with Gasteiger partial charge in [-0.25, -0.2) is 9.97 Å². The first-order valence-electron chi connectivity index (χ1n) is 10.2. The van der Waals surface area contributed by atoms with Gasteiger partial charge in [0.1, 0.15) is 11.8 Å². The van der Waals surface area contributed by atoms with Gasteiger partial charge in [0.15, 0.2) is 0 Å². The number of anilines is 2. The van der Waals surface area contributed by atoms with Gasteiger partial charge in [-0.05, 0) is 68.2 Å². The van der Waals surface area contributed by atoms with Gasteiger partial charge in [0.25, 0.3) is 0 Å². The monoisotopic (exact) mass is 393 g/mol. The summed E-state index contributed by atoms with van der Waals surface area (Å²) in [4.78, 5) is 8.79. The van der Waals surface area contributed by atoms with Crippen molar-refractivity contribution < 1.29 is 0 Å². The van der Waals surface area contributed by atoms with Crippen LogP contribution < -0.4 is 10.6 Å². The molecule has 1 aromatic heterocycles. The van der Waals surface area contributed by atoms with Crippen LogP contribution in [-0.2, 0) is 0 Å². The quantitative estimate of drug-likeness (QED) is 0.444. The summed E-state index contributed by atoms with van der Waals surface area (Å²) >= 11 is 0. The van der Waals surface area contributed by atoms with E-state index in [0.717, 1.165) is 11.3 Å². The molecular formula is C24H35N5. The minimum atomic E-state index is 0.497. The summed E-state index contributed by atoms with van der Waals surface area (Å²) in [5, 5.41) is 15.5. The highest BCUT2D eigenvalue weighted by Crippen LogP contribution is 2.23. The van der Waals surface area contributed by atoms with Gasteiger partial charge in [0, 0.05) is 18.4 Å². The van der Waals surface area contributed by atoms with Crippen molar-refractivity contribution >= 4 is 17.2 Å². The number of rotatable bonds is 6. The molecule has 2 N–H and O–H groups in total. The predicted octanol–water partition coefficient (Wildman–Crippen LogP) is 6.31. The average Bonchev–Trinajstić information content (AvgIpc) is 2.76. The summed E-state index contributed by atoms with van der Waals surface area (Å²) < 4.78 is 0. The Morgan fingerprint density at radius 2 is 1.76 bits per heavy atom. The number of aromatic nitrogens is 2. The normalized spacial score (nSPS) is 10.2. The molecule has 2 aromatic rings. The maximum Gasteiger partial charge on any atom is 0.227 e. The average molecular weight is 394 g/mol. The standard InChI is InChI=1S/C20H23N5.2C2H6/c1-6-22-19(12-21)16(5)15(4)18-9-10-23-20(25-18)24-17-8-7-13(2)14(3)11-17;2*1-2/h7-11,22H,4,6H2,1-3,5H3,(H,23,24,25);2*1-2H3/b19-16-;;. The molecule has 0 fully saturated rings. The first-order chi connectivity index (χ1) is 14.0. The second kappa shape index (κ2) is 14.0. The Bertz CT molecular complexity index is 860. The van der Waals surface area contributed by atoms with Crippen LogP contribution in [0.25, 0.3) is 5.57 Å². The largest absolute Gasteiger partial charge is 0.377 e. The van der Waals surface area contributed by atoms with Crippen LogP contribution in [0.5, 0.6) is 0 Å². The zero-order valence-corrected chi connectivity index (χ0v) is 19.1. The molecule has 0 aliphatic heterocycles. The fourth-order valence-corrected chi connectivity index (χ4v) is 2.31. The van der Waals surface area contributed by atoms with Crippen molar-refractivity contribution in [1.82, 2.24) is 15.3 Å². The number of benzene rings is 1. The van der Waals surface area contributed by atoms with Crippen molar-refractivity contribution in [2.45, 2.75) is 55.4 Å². The maximum atomic E-state index is 9.26. The molecule has 0 saturated heterocycles. The van der Waals surface area contributed by atoms with E-state index in [1.807, 2.05) is 47.6 Å². The van der Waals surface area contributed by atoms with Gasteiger partial charge in [0.2, 0.25) is 5.95 Å². The second-order valence-corrected chi connectivity index (χ2v) is 5.81. The van der Waals surface area contributed by atoms with Crippen molar-refractivity contribution in [3.05, 3.63) is 65.1 Å². The summed E-state index contributed by atoms with van der Waals surface area (Å²) in [6, 6.07) is 10.1. The van der Waals surface area contributed by atoms with Gasteiger partial charge >= 0.3 is 0 Å². The molecule has 0 atom stereocenters. The summed E-state index contributed by atoms with van der Waals surface area (Å²) in [7, 11) is 0. The van der Waals surface area contributed by atoms with Crippen LogP contribution in [0.4, 0.5) is 11.6 Å². The van der Waals surface area contributed by atoms with Gasteiger partial charge in [-0.2, -0.15) is 5.26 Å². The third-order valence-electron chi connectivity index (χ3n) is 4.02. The molecule has 0 saturated carbocycles. The maximum absolute atomic E-state index is 9.26. The van der Waals surface area contributed by atoms with Crippen LogP contribution in [0.15, 0.2) is 48.3 Å². The zero-order valence-electron chi connectivity index (χ0n) is 19.1. The lowest BCUT2D eigenvalue weighted by molar-refractivity contribution is 0.873. The Morgan fingerprint density at radius 3 is 2.31 bits per heavy atom. The molecule has 0 aliphatic rings. The predicted molar refractivity (Wildman–Crippen MR) is 125 cm³/mol. The van der Waals surface area contributed by atoms with Crippen molar-refractivity contribution in [2.24, 2.45) is 0 Å². The SMILES string of the molecule is C=C(/C(C)=C(/C#N)NCC)c1ccnc(Nc2ccc(C)c(C)c2)n1.CC.CC. The number of hydrogen-bond donors (Lipinski definition) is 2. The van der Waals surface area contributed by atoms with E-state index < -0.39 is 0 Å². The second-order valence-electron chi connectivity index (χ2n) is 5.81. The van der Waals surface area contributed by atoms with Crippen LogP contribution >= 0.6 is 0 Å². The van der Waals surface area contributed by atoms with Gasteiger partial charge in [-0.3, -0.25) is 0 Å². The van der Waals surface area contributed by atoms with E-state index in [-0.39, 0.29) is 0 Å². The smallest absolute Gasteiger partial charge is 0.227 e. The van der Waals surface area contributed by atoms with Gasteiger partial charge in [-0.15, -0.1) is 0 Å². The number of nitriles is 1. The molecule has 0 amide bonds. The third-order valence-corrected chi connectivity index (χ3v) is 4.02. The molecule has 0 aliphatic carbocycles. The molecule has 1 aromatic carbocycles. The highest BCUT2D eigenvalue weighted by atomic mass is 15.1. The van der Waals surface area contributed by atoms with Crippen molar-refractivity contribution in [3.63, 3.8) is 0 Å². The molecule has 1 heterocycles. The van der Waals surface area contributed by atoms with E-state index in [1.54, 1.807) is 12.3 Å². The minimum Gasteiger partial charge on any atom is -0.377 e. The Kier molecular flexibility index (Phi) is 12.4. The van der Waals surface area contributed by atoms with Gasteiger partial charge < -0.3 is 10.6 Å². The first-order valence-corrected chi connectivity index (χ1v) is 10.2. The molecule has 0 spiro atoms. The third kappa shape index (κ3) is 7.79. The lowest BCUT2D eigenvalue weighted by Crippen LogP contribution is -2.13. The molecule has 0 unspecified atom stereocenters. The lowest BCUT2D eigenvalue weighted by atomic mass is 10.0. The minimum absolute atomic E-state index is 0.497. The van der Waals surface area contributed by atoms with E-state index in [9.17, 15) is 5.26 Å². The van der Waals surface area contributed by atoms with Crippen LogP contribution in [0, 0.1) is 25.2 Å². The Labute approximate surface area is 176 Å². The number of nitrogens with one attached hydrogen (secondary N) is 2. The summed E-state index contributed by atoms with van der Waals surface area (Å²) in [6.45, 7) is 20.7. The van der Waals surface area contributed by atoms with Crippen LogP contribution in [0.2, 0.25) is 0 Å². The molecular weight excluding hydrogens is 358 g/mol. The van der Waals surface area contributed by atoms with Crippen molar-refractivity contribution in [3.8, 4) is 6.07 Å². The topological polar surface area (TPSA) is 73.6 Å². The van der Waals surface area contributed by atoms with Crippen molar-refractivity contribution in [1.29, 1.82) is 5.26 Å². The number of allylic oxidation sites excluding steroid dienone is 3. The van der Waals surface area contributed by atoms with Gasteiger partial charge in [0.05, 0.1) is 5.69 Å². The van der Waals surface area contributed by atoms with Gasteiger partial charge in [-0.1, -0.05) is 40.3 Å². The molecule has 0 bridgehead atoms. The highest BCUT2D eigenvalue weighted by molar-refractivity contribution is 5.76. The zero-order chi connectivity index (χ0) is 22.4. The van der Waals surface area contributed by atoms with Crippen LogP contribution in [0.1, 0.15) is 58.4 Å². The first kappa shape index (κ1) is 25.9.